The summed E-state index contributed by atoms with van der Waals surface area (Å²) in [5, 5.41) is 0.680. The molecule has 0 amide bonds. The van der Waals surface area contributed by atoms with Crippen LogP contribution in [0.4, 0.5) is 16.0 Å². The minimum atomic E-state index is -0.324. The lowest BCUT2D eigenvalue weighted by Crippen LogP contribution is -1.91. The van der Waals surface area contributed by atoms with Crippen LogP contribution in [0.1, 0.15) is 0 Å². The Labute approximate surface area is 116 Å². The third-order valence-corrected chi connectivity index (χ3v) is 3.54. The molecule has 0 aliphatic carbocycles. The molecule has 4 N–H and O–H groups in total. The Hall–Kier alpha value is -2.08. The van der Waals surface area contributed by atoms with Gasteiger partial charge in [0.1, 0.15) is 11.5 Å². The largest absolute Gasteiger partial charge is 0.437 e. The molecular weight excluding hydrogens is 313 g/mol. The smallest absolute Gasteiger partial charge is 0.214 e. The van der Waals surface area contributed by atoms with Crippen LogP contribution in [0.15, 0.2) is 39.5 Å². The van der Waals surface area contributed by atoms with Gasteiger partial charge in [-0.05, 0) is 17.7 Å². The maximum absolute atomic E-state index is 13.2. The fraction of sp³-hybridized carbons (Fsp3) is 0. The number of benzene rings is 1. The second kappa shape index (κ2) is 4.24. The third-order valence-electron chi connectivity index (χ3n) is 2.89. The lowest BCUT2D eigenvalue weighted by Gasteiger charge is -2.06. The Balaban J connectivity index is 2.36. The van der Waals surface area contributed by atoms with E-state index in [0.29, 0.717) is 21.1 Å². The molecule has 4 nitrogen and oxygen atoms in total. The van der Waals surface area contributed by atoms with Crippen LogP contribution in [-0.4, -0.2) is 4.98 Å². The highest BCUT2D eigenvalue weighted by Crippen LogP contribution is 2.39. The van der Waals surface area contributed by atoms with E-state index in [0.717, 1.165) is 11.1 Å². The van der Waals surface area contributed by atoms with Gasteiger partial charge in [0.15, 0.2) is 5.58 Å². The molecule has 0 atom stereocenters. The van der Waals surface area contributed by atoms with Gasteiger partial charge in [0, 0.05) is 16.2 Å². The molecule has 0 saturated carbocycles. The Morgan fingerprint density at radius 3 is 2.68 bits per heavy atom. The predicted molar refractivity (Wildman–Crippen MR) is 75.9 cm³/mol. The number of nitrogen functional groups attached to an aromatic ring is 2. The zero-order valence-corrected chi connectivity index (χ0v) is 11.2. The van der Waals surface area contributed by atoms with Gasteiger partial charge < -0.3 is 15.9 Å². The normalized spacial score (nSPS) is 11.1. The summed E-state index contributed by atoms with van der Waals surface area (Å²) in [5.41, 5.74) is 14.0. The first-order valence-corrected chi connectivity index (χ1v) is 6.24. The Kier molecular flexibility index (Phi) is 2.67. The first-order chi connectivity index (χ1) is 9.08. The minimum absolute atomic E-state index is 0.155. The number of aromatic nitrogens is 1. The van der Waals surface area contributed by atoms with Gasteiger partial charge in [-0.3, -0.25) is 4.98 Å². The van der Waals surface area contributed by atoms with Gasteiger partial charge >= 0.3 is 0 Å². The minimum Gasteiger partial charge on any atom is -0.437 e. The summed E-state index contributed by atoms with van der Waals surface area (Å²) in [6, 6.07) is 4.41. The summed E-state index contributed by atoms with van der Waals surface area (Å²) in [4.78, 5) is 4.09. The van der Waals surface area contributed by atoms with Crippen molar-refractivity contribution < 1.29 is 8.81 Å². The van der Waals surface area contributed by atoms with Gasteiger partial charge in [0.2, 0.25) is 5.88 Å². The van der Waals surface area contributed by atoms with E-state index in [4.69, 9.17) is 15.9 Å². The molecular formula is C13H9BrFN3O. The van der Waals surface area contributed by atoms with Crippen molar-refractivity contribution >= 4 is 38.5 Å². The molecule has 0 radical (unpaired) electrons. The number of anilines is 2. The number of rotatable bonds is 1. The van der Waals surface area contributed by atoms with Gasteiger partial charge in [0.05, 0.1) is 11.6 Å². The molecule has 1 aromatic carbocycles. The van der Waals surface area contributed by atoms with Crippen molar-refractivity contribution in [3.63, 3.8) is 0 Å². The van der Waals surface area contributed by atoms with Crippen LogP contribution in [-0.2, 0) is 0 Å². The topological polar surface area (TPSA) is 78.1 Å². The van der Waals surface area contributed by atoms with E-state index in [9.17, 15) is 4.39 Å². The van der Waals surface area contributed by atoms with Gasteiger partial charge in [0.25, 0.3) is 0 Å². The number of nitrogens with two attached hydrogens (primary N) is 2. The van der Waals surface area contributed by atoms with Crippen LogP contribution in [0.2, 0.25) is 0 Å². The van der Waals surface area contributed by atoms with Gasteiger partial charge in [-0.25, -0.2) is 4.39 Å². The fourth-order valence-corrected chi connectivity index (χ4v) is 2.57. The Morgan fingerprint density at radius 2 is 1.95 bits per heavy atom. The van der Waals surface area contributed by atoms with Crippen molar-refractivity contribution in [3.8, 4) is 11.1 Å². The third kappa shape index (κ3) is 1.84. The molecule has 3 rings (SSSR count). The van der Waals surface area contributed by atoms with Crippen LogP contribution in [0.5, 0.6) is 0 Å². The van der Waals surface area contributed by atoms with Crippen molar-refractivity contribution in [3.05, 3.63) is 40.9 Å². The second-order valence-electron chi connectivity index (χ2n) is 4.06. The molecule has 0 aliphatic heterocycles. The summed E-state index contributed by atoms with van der Waals surface area (Å²) < 4.78 is 19.1. The van der Waals surface area contributed by atoms with Gasteiger partial charge in [-0.1, -0.05) is 22.0 Å². The second-order valence-corrected chi connectivity index (χ2v) is 4.92. The molecule has 2 heterocycles. The van der Waals surface area contributed by atoms with E-state index >= 15 is 0 Å². The highest BCUT2D eigenvalue weighted by Gasteiger charge is 2.16. The number of halogens is 2. The van der Waals surface area contributed by atoms with E-state index in [-0.39, 0.29) is 11.7 Å². The number of hydrogen-bond donors (Lipinski definition) is 2. The summed E-state index contributed by atoms with van der Waals surface area (Å²) in [7, 11) is 0. The van der Waals surface area contributed by atoms with E-state index in [2.05, 4.69) is 20.9 Å². The van der Waals surface area contributed by atoms with Crippen LogP contribution in [0.25, 0.3) is 22.1 Å². The highest BCUT2D eigenvalue weighted by atomic mass is 79.9. The monoisotopic (exact) mass is 321 g/mol. The molecule has 3 aromatic rings. The SMILES string of the molecule is Nc1oc2cncc(-c3ccc(F)cc3Br)c2c1N. The predicted octanol–water partition coefficient (Wildman–Crippen LogP) is 3.56. The zero-order valence-electron chi connectivity index (χ0n) is 9.65. The number of pyridine rings is 1. The summed E-state index contributed by atoms with van der Waals surface area (Å²) in [6.45, 7) is 0. The maximum atomic E-state index is 13.2. The number of hydrogen-bond acceptors (Lipinski definition) is 4. The number of nitrogens with zero attached hydrogens (tertiary/aromatic N) is 1. The van der Waals surface area contributed by atoms with Gasteiger partial charge in [-0.2, -0.15) is 0 Å². The van der Waals surface area contributed by atoms with E-state index in [1.54, 1.807) is 18.5 Å². The van der Waals surface area contributed by atoms with Crippen molar-refractivity contribution in [1.82, 2.24) is 4.98 Å². The highest BCUT2D eigenvalue weighted by molar-refractivity contribution is 9.10. The quantitative estimate of drug-likeness (QED) is 0.718. The summed E-state index contributed by atoms with van der Waals surface area (Å²) in [6.07, 6.45) is 3.19. The molecule has 0 fully saturated rings. The van der Waals surface area contributed by atoms with Crippen molar-refractivity contribution in [2.24, 2.45) is 0 Å². The molecule has 0 spiro atoms. The average molecular weight is 322 g/mol. The molecule has 2 aromatic heterocycles. The van der Waals surface area contributed by atoms with E-state index in [1.165, 1.54) is 12.1 Å². The first kappa shape index (κ1) is 12.0. The van der Waals surface area contributed by atoms with Crippen molar-refractivity contribution in [1.29, 1.82) is 0 Å². The maximum Gasteiger partial charge on any atom is 0.214 e. The van der Waals surface area contributed by atoms with E-state index < -0.39 is 0 Å². The van der Waals surface area contributed by atoms with Crippen LogP contribution >= 0.6 is 15.9 Å². The van der Waals surface area contributed by atoms with Crippen LogP contribution in [0.3, 0.4) is 0 Å². The Bertz CT molecular complexity index is 785. The molecule has 6 heteroatoms. The molecule has 0 saturated heterocycles. The molecule has 0 bridgehead atoms. The molecule has 96 valence electrons. The Morgan fingerprint density at radius 1 is 1.16 bits per heavy atom. The van der Waals surface area contributed by atoms with Crippen LogP contribution < -0.4 is 11.5 Å². The molecule has 0 aliphatic rings. The number of furan rings is 1. The molecule has 19 heavy (non-hydrogen) atoms. The average Bonchev–Trinajstić information content (AvgIpc) is 2.65. The lowest BCUT2D eigenvalue weighted by molar-refractivity contribution is 0.627. The van der Waals surface area contributed by atoms with Crippen molar-refractivity contribution in [2.45, 2.75) is 0 Å². The zero-order chi connectivity index (χ0) is 13.6. The van der Waals surface area contributed by atoms with Crippen molar-refractivity contribution in [2.75, 3.05) is 11.5 Å². The first-order valence-electron chi connectivity index (χ1n) is 5.45. The standard InChI is InChI=1S/C13H9BrFN3O/c14-9-3-6(15)1-2-7(9)8-4-18-5-10-11(8)12(16)13(17)19-10/h1-5H,16-17H2. The summed E-state index contributed by atoms with van der Waals surface area (Å²) >= 11 is 3.33. The van der Waals surface area contributed by atoms with Gasteiger partial charge in [-0.15, -0.1) is 0 Å². The summed E-state index contributed by atoms with van der Waals surface area (Å²) in [5.74, 6) is -0.169. The lowest BCUT2D eigenvalue weighted by atomic mass is 10.0. The fourth-order valence-electron chi connectivity index (χ4n) is 2.01. The van der Waals surface area contributed by atoms with Crippen LogP contribution in [0, 0.1) is 5.82 Å². The number of fused-ring (bicyclic) bond motifs is 1. The molecule has 0 unspecified atom stereocenters. The van der Waals surface area contributed by atoms with E-state index in [1.807, 2.05) is 0 Å².